The third-order valence-corrected chi connectivity index (χ3v) is 5.70. The first-order valence-corrected chi connectivity index (χ1v) is 8.76. The van der Waals surface area contributed by atoms with Gasteiger partial charge in [-0.2, -0.15) is 0 Å². The van der Waals surface area contributed by atoms with Gasteiger partial charge in [-0.25, -0.2) is 4.79 Å². The Kier molecular flexibility index (Phi) is 3.21. The summed E-state index contributed by atoms with van der Waals surface area (Å²) in [6.45, 7) is 6.47. The van der Waals surface area contributed by atoms with Gasteiger partial charge in [0, 0.05) is 12.0 Å². The number of imide groups is 1. The Morgan fingerprint density at radius 1 is 1.17 bits per heavy atom. The molecule has 1 aromatic carbocycles. The summed E-state index contributed by atoms with van der Waals surface area (Å²) in [5.74, 6) is 1.55. The maximum absolute atomic E-state index is 12.8. The van der Waals surface area contributed by atoms with E-state index in [9.17, 15) is 9.59 Å². The van der Waals surface area contributed by atoms with E-state index in [1.807, 2.05) is 25.1 Å². The number of carbonyl (C=O) groups excluding carboxylic acids is 2. The molecule has 1 saturated carbocycles. The Labute approximate surface area is 142 Å². The molecule has 24 heavy (non-hydrogen) atoms. The second-order valence-corrected chi connectivity index (χ2v) is 8.13. The van der Waals surface area contributed by atoms with E-state index in [1.165, 1.54) is 6.42 Å². The van der Waals surface area contributed by atoms with Gasteiger partial charge in [0.2, 0.25) is 0 Å². The molecule has 1 aliphatic carbocycles. The van der Waals surface area contributed by atoms with Crippen molar-refractivity contribution in [1.82, 2.24) is 10.6 Å². The van der Waals surface area contributed by atoms with Gasteiger partial charge in [-0.3, -0.25) is 10.1 Å². The number of amides is 3. The molecule has 0 aromatic heterocycles. The zero-order valence-electron chi connectivity index (χ0n) is 14.4. The van der Waals surface area contributed by atoms with E-state index < -0.39 is 17.2 Å². The second kappa shape index (κ2) is 4.98. The molecule has 2 heterocycles. The Balaban J connectivity index is 1.86. The molecule has 5 nitrogen and oxygen atoms in total. The van der Waals surface area contributed by atoms with Gasteiger partial charge in [-0.05, 0) is 50.2 Å². The fourth-order valence-corrected chi connectivity index (χ4v) is 5.15. The fraction of sp³-hybridized carbons (Fsp3) is 0.579. The van der Waals surface area contributed by atoms with Crippen molar-refractivity contribution in [3.63, 3.8) is 0 Å². The number of hydrogen-bond acceptors (Lipinski definition) is 3. The number of ether oxygens (including phenoxy) is 1. The number of nitrogens with one attached hydrogen (secondary N) is 2. The van der Waals surface area contributed by atoms with Crippen LogP contribution in [0.1, 0.15) is 50.7 Å². The minimum Gasteiger partial charge on any atom is -0.487 e. The maximum atomic E-state index is 12.8. The van der Waals surface area contributed by atoms with Crippen LogP contribution in [0.15, 0.2) is 18.2 Å². The summed E-state index contributed by atoms with van der Waals surface area (Å²) < 4.78 is 6.50. The van der Waals surface area contributed by atoms with Crippen molar-refractivity contribution in [2.24, 2.45) is 11.8 Å². The van der Waals surface area contributed by atoms with Crippen molar-refractivity contribution < 1.29 is 14.3 Å². The highest BCUT2D eigenvalue weighted by Crippen LogP contribution is 2.52. The molecule has 2 spiro atoms. The number of fused-ring (bicyclic) bond motifs is 2. The lowest BCUT2D eigenvalue weighted by atomic mass is 9.66. The van der Waals surface area contributed by atoms with Crippen LogP contribution < -0.4 is 15.4 Å². The first-order valence-electron chi connectivity index (χ1n) is 8.76. The average molecular weight is 328 g/mol. The Morgan fingerprint density at radius 2 is 1.88 bits per heavy atom. The molecule has 3 aliphatic rings. The summed E-state index contributed by atoms with van der Waals surface area (Å²) in [5, 5.41) is 5.36. The second-order valence-electron chi connectivity index (χ2n) is 8.13. The minimum atomic E-state index is -1.01. The van der Waals surface area contributed by atoms with Crippen molar-refractivity contribution in [2.75, 3.05) is 0 Å². The van der Waals surface area contributed by atoms with E-state index in [2.05, 4.69) is 24.5 Å². The first-order chi connectivity index (χ1) is 11.3. The van der Waals surface area contributed by atoms with Crippen LogP contribution in [0, 0.1) is 18.8 Å². The van der Waals surface area contributed by atoms with E-state index in [1.54, 1.807) is 0 Å². The van der Waals surface area contributed by atoms with E-state index in [4.69, 9.17) is 4.74 Å². The highest BCUT2D eigenvalue weighted by molar-refractivity contribution is 6.08. The van der Waals surface area contributed by atoms with Crippen molar-refractivity contribution in [2.45, 2.75) is 57.6 Å². The number of carbonyl (C=O) groups is 2. The topological polar surface area (TPSA) is 67.4 Å². The highest BCUT2D eigenvalue weighted by Gasteiger charge is 2.58. The molecule has 5 heteroatoms. The smallest absolute Gasteiger partial charge is 0.322 e. The largest absolute Gasteiger partial charge is 0.487 e. The summed E-state index contributed by atoms with van der Waals surface area (Å²) in [4.78, 5) is 24.7. The number of rotatable bonds is 0. The summed E-state index contributed by atoms with van der Waals surface area (Å²) in [6, 6.07) is 5.48. The molecule has 3 amide bonds. The average Bonchev–Trinajstić information content (AvgIpc) is 2.73. The molecule has 0 bridgehead atoms. The van der Waals surface area contributed by atoms with Gasteiger partial charge in [0.05, 0.1) is 0 Å². The quantitative estimate of drug-likeness (QED) is 0.720. The van der Waals surface area contributed by atoms with Crippen LogP contribution in [0.2, 0.25) is 0 Å². The molecule has 2 aliphatic heterocycles. The molecule has 2 N–H and O–H groups in total. The van der Waals surface area contributed by atoms with E-state index in [0.717, 1.165) is 29.7 Å². The number of aryl methyl sites for hydroxylation is 1. The summed E-state index contributed by atoms with van der Waals surface area (Å²) >= 11 is 0. The van der Waals surface area contributed by atoms with Gasteiger partial charge < -0.3 is 10.1 Å². The third-order valence-electron chi connectivity index (χ3n) is 5.70. The van der Waals surface area contributed by atoms with Crippen LogP contribution in [0.25, 0.3) is 0 Å². The standard InChI is InChI=1S/C19H24N2O3/c1-11-4-5-15-14(7-11)19(16(22)20-17(23)21-19)10-18(24-15)8-12(2)6-13(3)9-18/h4-5,7,12-13H,6,8-10H2,1-3H3,(H2,20,21,22,23). The van der Waals surface area contributed by atoms with Crippen molar-refractivity contribution >= 4 is 11.9 Å². The molecule has 2 fully saturated rings. The lowest BCUT2D eigenvalue weighted by Crippen LogP contribution is -2.57. The van der Waals surface area contributed by atoms with Gasteiger partial charge in [0.15, 0.2) is 5.54 Å². The van der Waals surface area contributed by atoms with Gasteiger partial charge in [-0.15, -0.1) is 0 Å². The molecular weight excluding hydrogens is 304 g/mol. The van der Waals surface area contributed by atoms with Crippen LogP contribution in [0.3, 0.4) is 0 Å². The van der Waals surface area contributed by atoms with Crippen LogP contribution >= 0.6 is 0 Å². The van der Waals surface area contributed by atoms with Gasteiger partial charge >= 0.3 is 6.03 Å². The first kappa shape index (κ1) is 15.5. The van der Waals surface area contributed by atoms with Crippen LogP contribution in [0.4, 0.5) is 4.79 Å². The number of benzene rings is 1. The Bertz CT molecular complexity index is 719. The van der Waals surface area contributed by atoms with E-state index in [-0.39, 0.29) is 5.91 Å². The molecule has 1 saturated heterocycles. The molecule has 1 aromatic rings. The minimum absolute atomic E-state index is 0.257. The maximum Gasteiger partial charge on any atom is 0.322 e. The van der Waals surface area contributed by atoms with Crippen LogP contribution in [0.5, 0.6) is 5.75 Å². The molecule has 3 atom stereocenters. The molecule has 3 unspecified atom stereocenters. The van der Waals surface area contributed by atoms with E-state index >= 15 is 0 Å². The molecule has 0 radical (unpaired) electrons. The Morgan fingerprint density at radius 3 is 2.50 bits per heavy atom. The van der Waals surface area contributed by atoms with Crippen LogP contribution in [-0.2, 0) is 10.3 Å². The zero-order valence-corrected chi connectivity index (χ0v) is 14.4. The summed E-state index contributed by atoms with van der Waals surface area (Å²) in [7, 11) is 0. The molecule has 128 valence electrons. The van der Waals surface area contributed by atoms with Crippen LogP contribution in [-0.4, -0.2) is 17.5 Å². The lowest BCUT2D eigenvalue weighted by molar-refractivity contribution is -0.130. The van der Waals surface area contributed by atoms with Crippen molar-refractivity contribution in [3.8, 4) is 5.75 Å². The SMILES string of the molecule is Cc1ccc2c(c1)C1(CC3(CC(C)CC(C)C3)O2)NC(=O)NC1=O. The number of hydrogen-bond donors (Lipinski definition) is 2. The van der Waals surface area contributed by atoms with Gasteiger partial charge in [-0.1, -0.05) is 25.5 Å². The van der Waals surface area contributed by atoms with Gasteiger partial charge in [0.25, 0.3) is 5.91 Å². The predicted molar refractivity (Wildman–Crippen MR) is 89.7 cm³/mol. The Hall–Kier alpha value is -2.04. The summed E-state index contributed by atoms with van der Waals surface area (Å²) in [6.07, 6.45) is 3.51. The van der Waals surface area contributed by atoms with Crippen molar-refractivity contribution in [1.29, 1.82) is 0 Å². The normalized spacial score (nSPS) is 37.8. The fourth-order valence-electron chi connectivity index (χ4n) is 5.15. The lowest BCUT2D eigenvalue weighted by Gasteiger charge is -2.50. The highest BCUT2D eigenvalue weighted by atomic mass is 16.5. The van der Waals surface area contributed by atoms with Gasteiger partial charge in [0.1, 0.15) is 11.4 Å². The zero-order chi connectivity index (χ0) is 17.1. The summed E-state index contributed by atoms with van der Waals surface area (Å²) in [5.41, 5.74) is 0.427. The number of urea groups is 1. The van der Waals surface area contributed by atoms with Crippen molar-refractivity contribution in [3.05, 3.63) is 29.3 Å². The van der Waals surface area contributed by atoms with E-state index in [0.29, 0.717) is 18.3 Å². The predicted octanol–water partition coefficient (Wildman–Crippen LogP) is 3.01. The molecular formula is C19H24N2O3. The molecule has 4 rings (SSSR count). The third kappa shape index (κ3) is 2.21. The monoisotopic (exact) mass is 328 g/mol.